The average Bonchev–Trinajstić information content (AvgIpc) is 2.64. The van der Waals surface area contributed by atoms with E-state index in [4.69, 9.17) is 0 Å². The van der Waals surface area contributed by atoms with Gasteiger partial charge in [-0.1, -0.05) is 6.07 Å². The van der Waals surface area contributed by atoms with Gasteiger partial charge in [0, 0.05) is 37.9 Å². The summed E-state index contributed by atoms with van der Waals surface area (Å²) in [6.07, 6.45) is 5.91. The van der Waals surface area contributed by atoms with Crippen molar-refractivity contribution in [3.63, 3.8) is 0 Å². The van der Waals surface area contributed by atoms with Crippen LogP contribution in [-0.4, -0.2) is 35.1 Å². The van der Waals surface area contributed by atoms with Crippen LogP contribution in [0.2, 0.25) is 0 Å². The zero-order chi connectivity index (χ0) is 10.8. The standard InChI is InChI=1S/C13H19N3/c1-2-7-14-12(3-1)9-16-8-6-11-4-5-13(10-16)15-11/h1-3,7,11,13,15H,4-6,8-10H2/t11-,13+/m1/s1. The topological polar surface area (TPSA) is 28.2 Å². The highest BCUT2D eigenvalue weighted by Gasteiger charge is 2.29. The predicted molar refractivity (Wildman–Crippen MR) is 64.1 cm³/mol. The Morgan fingerprint density at radius 1 is 1.25 bits per heavy atom. The van der Waals surface area contributed by atoms with Crippen LogP contribution in [0.5, 0.6) is 0 Å². The molecule has 2 aliphatic rings. The lowest BCUT2D eigenvalue weighted by atomic mass is 10.1. The van der Waals surface area contributed by atoms with E-state index in [1.54, 1.807) is 0 Å². The van der Waals surface area contributed by atoms with Crippen LogP contribution in [0.25, 0.3) is 0 Å². The molecule has 2 saturated heterocycles. The van der Waals surface area contributed by atoms with Gasteiger partial charge in [-0.3, -0.25) is 9.88 Å². The second kappa shape index (κ2) is 4.52. The fourth-order valence-electron chi connectivity index (χ4n) is 2.88. The fourth-order valence-corrected chi connectivity index (χ4v) is 2.88. The molecule has 0 amide bonds. The summed E-state index contributed by atoms with van der Waals surface area (Å²) in [6.45, 7) is 3.41. The van der Waals surface area contributed by atoms with Crippen LogP contribution in [0, 0.1) is 0 Å². The molecule has 2 atom stereocenters. The number of nitrogens with zero attached hydrogens (tertiary/aromatic N) is 2. The highest BCUT2D eigenvalue weighted by molar-refractivity contribution is 5.04. The van der Waals surface area contributed by atoms with Crippen LogP contribution >= 0.6 is 0 Å². The number of nitrogens with one attached hydrogen (secondary N) is 1. The zero-order valence-electron chi connectivity index (χ0n) is 9.60. The van der Waals surface area contributed by atoms with Crippen molar-refractivity contribution >= 4 is 0 Å². The minimum Gasteiger partial charge on any atom is -0.310 e. The molecule has 0 aliphatic carbocycles. The first-order valence-electron chi connectivity index (χ1n) is 6.28. The molecule has 3 heterocycles. The van der Waals surface area contributed by atoms with Crippen molar-refractivity contribution in [2.45, 2.75) is 37.9 Å². The van der Waals surface area contributed by atoms with Crippen molar-refractivity contribution in [3.8, 4) is 0 Å². The Bertz CT molecular complexity index is 338. The minimum absolute atomic E-state index is 0.719. The van der Waals surface area contributed by atoms with E-state index in [0.717, 1.165) is 18.6 Å². The maximum Gasteiger partial charge on any atom is 0.0543 e. The molecule has 3 heteroatoms. The molecule has 0 radical (unpaired) electrons. The largest absolute Gasteiger partial charge is 0.310 e. The van der Waals surface area contributed by atoms with Crippen molar-refractivity contribution in [2.75, 3.05) is 13.1 Å². The quantitative estimate of drug-likeness (QED) is 0.812. The number of pyridine rings is 1. The molecular weight excluding hydrogens is 198 g/mol. The number of hydrogen-bond acceptors (Lipinski definition) is 3. The van der Waals surface area contributed by atoms with Gasteiger partial charge in [0.15, 0.2) is 0 Å². The summed E-state index contributed by atoms with van der Waals surface area (Å²) < 4.78 is 0. The van der Waals surface area contributed by atoms with Crippen LogP contribution in [0.3, 0.4) is 0 Å². The normalized spacial score (nSPS) is 30.2. The molecule has 2 fully saturated rings. The molecule has 0 aromatic carbocycles. The van der Waals surface area contributed by atoms with Crippen molar-refractivity contribution in [2.24, 2.45) is 0 Å². The second-order valence-corrected chi connectivity index (χ2v) is 4.98. The van der Waals surface area contributed by atoms with Crippen molar-refractivity contribution in [3.05, 3.63) is 30.1 Å². The summed E-state index contributed by atoms with van der Waals surface area (Å²) >= 11 is 0. The Morgan fingerprint density at radius 3 is 3.06 bits per heavy atom. The third-order valence-corrected chi connectivity index (χ3v) is 3.72. The van der Waals surface area contributed by atoms with Gasteiger partial charge in [0.1, 0.15) is 0 Å². The average molecular weight is 217 g/mol. The Labute approximate surface area is 96.9 Å². The Hall–Kier alpha value is -0.930. The molecule has 2 aliphatic heterocycles. The van der Waals surface area contributed by atoms with E-state index in [9.17, 15) is 0 Å². The fraction of sp³-hybridized carbons (Fsp3) is 0.615. The van der Waals surface area contributed by atoms with Crippen molar-refractivity contribution in [1.82, 2.24) is 15.2 Å². The smallest absolute Gasteiger partial charge is 0.0543 e. The first-order chi connectivity index (χ1) is 7.90. The van der Waals surface area contributed by atoms with Gasteiger partial charge in [0.2, 0.25) is 0 Å². The molecule has 16 heavy (non-hydrogen) atoms. The van der Waals surface area contributed by atoms with Crippen LogP contribution < -0.4 is 5.32 Å². The molecule has 0 saturated carbocycles. The van der Waals surface area contributed by atoms with E-state index in [-0.39, 0.29) is 0 Å². The summed E-state index contributed by atoms with van der Waals surface area (Å²) in [5.74, 6) is 0. The summed E-state index contributed by atoms with van der Waals surface area (Å²) in [5, 5.41) is 3.71. The molecule has 1 aromatic rings. The van der Waals surface area contributed by atoms with Crippen LogP contribution in [0.4, 0.5) is 0 Å². The molecule has 3 rings (SSSR count). The van der Waals surface area contributed by atoms with E-state index in [1.165, 1.54) is 38.0 Å². The lowest BCUT2D eigenvalue weighted by molar-refractivity contribution is 0.248. The Kier molecular flexibility index (Phi) is 2.89. The second-order valence-electron chi connectivity index (χ2n) is 4.98. The molecule has 0 unspecified atom stereocenters. The Balaban J connectivity index is 1.63. The maximum absolute atomic E-state index is 4.40. The van der Waals surface area contributed by atoms with Gasteiger partial charge in [-0.05, 0) is 31.4 Å². The number of rotatable bonds is 2. The van der Waals surface area contributed by atoms with Gasteiger partial charge in [-0.15, -0.1) is 0 Å². The third kappa shape index (κ3) is 2.25. The molecule has 86 valence electrons. The molecule has 0 spiro atoms. The van der Waals surface area contributed by atoms with E-state index < -0.39 is 0 Å². The van der Waals surface area contributed by atoms with E-state index in [2.05, 4.69) is 27.3 Å². The van der Waals surface area contributed by atoms with Crippen LogP contribution in [0.15, 0.2) is 24.4 Å². The van der Waals surface area contributed by atoms with Gasteiger partial charge >= 0.3 is 0 Å². The lowest BCUT2D eigenvalue weighted by Crippen LogP contribution is -2.35. The van der Waals surface area contributed by atoms with E-state index >= 15 is 0 Å². The van der Waals surface area contributed by atoms with Gasteiger partial charge in [0.05, 0.1) is 5.69 Å². The molecule has 2 bridgehead atoms. The number of hydrogen-bond donors (Lipinski definition) is 1. The van der Waals surface area contributed by atoms with Crippen LogP contribution in [-0.2, 0) is 6.54 Å². The monoisotopic (exact) mass is 217 g/mol. The van der Waals surface area contributed by atoms with Gasteiger partial charge in [0.25, 0.3) is 0 Å². The summed E-state index contributed by atoms with van der Waals surface area (Å²) in [7, 11) is 0. The summed E-state index contributed by atoms with van der Waals surface area (Å²) in [4.78, 5) is 6.94. The van der Waals surface area contributed by atoms with Crippen molar-refractivity contribution < 1.29 is 0 Å². The molecular formula is C13H19N3. The minimum atomic E-state index is 0.719. The van der Waals surface area contributed by atoms with E-state index in [1.807, 2.05) is 12.3 Å². The number of likely N-dealkylation sites (tertiary alicyclic amines) is 1. The SMILES string of the molecule is c1ccc(CN2CC[C@H]3CC[C@@H](C2)N3)nc1. The van der Waals surface area contributed by atoms with Crippen LogP contribution in [0.1, 0.15) is 25.0 Å². The number of fused-ring (bicyclic) bond motifs is 2. The third-order valence-electron chi connectivity index (χ3n) is 3.72. The van der Waals surface area contributed by atoms with E-state index in [0.29, 0.717) is 0 Å². The molecule has 1 N–H and O–H groups in total. The Morgan fingerprint density at radius 2 is 2.19 bits per heavy atom. The lowest BCUT2D eigenvalue weighted by Gasteiger charge is -2.23. The first kappa shape index (κ1) is 10.2. The van der Waals surface area contributed by atoms with Gasteiger partial charge in [-0.2, -0.15) is 0 Å². The molecule has 3 nitrogen and oxygen atoms in total. The molecule has 1 aromatic heterocycles. The maximum atomic E-state index is 4.40. The highest BCUT2D eigenvalue weighted by atomic mass is 15.2. The predicted octanol–water partition coefficient (Wildman–Crippen LogP) is 1.41. The highest BCUT2D eigenvalue weighted by Crippen LogP contribution is 2.21. The number of aromatic nitrogens is 1. The van der Waals surface area contributed by atoms with Crippen molar-refractivity contribution in [1.29, 1.82) is 0 Å². The zero-order valence-corrected chi connectivity index (χ0v) is 9.60. The van der Waals surface area contributed by atoms with Gasteiger partial charge < -0.3 is 5.32 Å². The summed E-state index contributed by atoms with van der Waals surface area (Å²) in [5.41, 5.74) is 1.19. The summed E-state index contributed by atoms with van der Waals surface area (Å²) in [6, 6.07) is 7.67. The first-order valence-corrected chi connectivity index (χ1v) is 6.28. The van der Waals surface area contributed by atoms with Gasteiger partial charge in [-0.25, -0.2) is 0 Å².